The van der Waals surface area contributed by atoms with E-state index in [0.29, 0.717) is 11.1 Å². The van der Waals surface area contributed by atoms with Crippen LogP contribution in [-0.2, 0) is 0 Å². The molecule has 0 spiro atoms. The van der Waals surface area contributed by atoms with Gasteiger partial charge in [0, 0.05) is 0 Å². The fourth-order valence-electron chi connectivity index (χ4n) is 7.45. The number of fused-ring (bicyclic) bond motifs is 5. The van der Waals surface area contributed by atoms with E-state index in [1.807, 2.05) is 6.92 Å². The Kier molecular flexibility index (Phi) is 4.36. The molecular formula is C21H33BrO2. The minimum absolute atomic E-state index is 0.242. The first-order chi connectivity index (χ1) is 11.4. The molecule has 0 aromatic rings. The van der Waals surface area contributed by atoms with Gasteiger partial charge in [-0.2, -0.15) is 0 Å². The van der Waals surface area contributed by atoms with Crippen LogP contribution in [0, 0.1) is 35.0 Å². The molecule has 0 aromatic carbocycles. The molecule has 2 nitrogen and oxygen atoms in total. The molecule has 0 radical (unpaired) electrons. The minimum Gasteiger partial charge on any atom is -0.511 e. The highest BCUT2D eigenvalue weighted by Gasteiger charge is 2.56. The second-order valence-corrected chi connectivity index (χ2v) is 10.3. The zero-order chi connectivity index (χ0) is 17.1. The Labute approximate surface area is 155 Å². The molecule has 0 amide bonds. The predicted molar refractivity (Wildman–Crippen MR) is 101 cm³/mol. The van der Waals surface area contributed by atoms with Crippen molar-refractivity contribution in [2.24, 2.45) is 35.0 Å². The topological polar surface area (TPSA) is 40.5 Å². The summed E-state index contributed by atoms with van der Waals surface area (Å²) >= 11 is 3.46. The lowest BCUT2D eigenvalue weighted by Crippen LogP contribution is -2.49. The van der Waals surface area contributed by atoms with Gasteiger partial charge in [-0.3, -0.25) is 0 Å². The van der Waals surface area contributed by atoms with Crippen LogP contribution in [0.1, 0.15) is 71.6 Å². The van der Waals surface area contributed by atoms with Gasteiger partial charge in [-0.05, 0) is 105 Å². The molecule has 3 heteroatoms. The number of allylic oxidation sites excluding steroid dienone is 2. The third kappa shape index (κ3) is 2.60. The van der Waals surface area contributed by atoms with E-state index in [1.54, 1.807) is 0 Å². The largest absolute Gasteiger partial charge is 0.511 e. The van der Waals surface area contributed by atoms with Crippen molar-refractivity contribution in [1.29, 1.82) is 0 Å². The van der Waals surface area contributed by atoms with Gasteiger partial charge >= 0.3 is 0 Å². The molecular weight excluding hydrogens is 364 g/mol. The lowest BCUT2D eigenvalue weighted by molar-refractivity contribution is -0.0901. The van der Waals surface area contributed by atoms with Gasteiger partial charge in [0.1, 0.15) is 5.76 Å². The Balaban J connectivity index is 1.58. The summed E-state index contributed by atoms with van der Waals surface area (Å²) in [6.07, 6.45) is 10.9. The van der Waals surface area contributed by atoms with Gasteiger partial charge in [-0.15, -0.1) is 0 Å². The van der Waals surface area contributed by atoms with Crippen LogP contribution < -0.4 is 0 Å². The molecule has 4 rings (SSSR count). The minimum atomic E-state index is -0.415. The van der Waals surface area contributed by atoms with Crippen LogP contribution in [0.25, 0.3) is 0 Å². The molecule has 136 valence electrons. The quantitative estimate of drug-likeness (QED) is 0.447. The van der Waals surface area contributed by atoms with Gasteiger partial charge in [0.25, 0.3) is 0 Å². The summed E-state index contributed by atoms with van der Waals surface area (Å²) in [5.41, 5.74) is 1.19. The Morgan fingerprint density at radius 1 is 1.04 bits per heavy atom. The first-order valence-electron chi connectivity index (χ1n) is 10.1. The summed E-state index contributed by atoms with van der Waals surface area (Å²) in [6, 6.07) is 0. The number of halogens is 1. The Hall–Kier alpha value is -0.0200. The third-order valence-corrected chi connectivity index (χ3v) is 9.03. The maximum atomic E-state index is 10.5. The van der Waals surface area contributed by atoms with Gasteiger partial charge in [-0.1, -0.05) is 22.9 Å². The smallest absolute Gasteiger partial charge is 0.103 e. The molecule has 0 bridgehead atoms. The lowest BCUT2D eigenvalue weighted by atomic mass is 9.49. The van der Waals surface area contributed by atoms with Gasteiger partial charge < -0.3 is 10.2 Å². The first-order valence-corrected chi connectivity index (χ1v) is 11.2. The van der Waals surface area contributed by atoms with E-state index < -0.39 is 5.60 Å². The summed E-state index contributed by atoms with van der Waals surface area (Å²) in [4.78, 5) is 0. The number of hydrogen-bond acceptors (Lipinski definition) is 2. The van der Waals surface area contributed by atoms with E-state index in [-0.39, 0.29) is 5.41 Å². The van der Waals surface area contributed by atoms with Gasteiger partial charge in [0.15, 0.2) is 0 Å². The monoisotopic (exact) mass is 396 g/mol. The summed E-state index contributed by atoms with van der Waals surface area (Å²) in [6.45, 7) is 4.48. The van der Waals surface area contributed by atoms with Crippen LogP contribution in [0.5, 0.6) is 0 Å². The first kappa shape index (κ1) is 17.4. The van der Waals surface area contributed by atoms with Crippen molar-refractivity contribution in [1.82, 2.24) is 0 Å². The van der Waals surface area contributed by atoms with Crippen LogP contribution in [0.2, 0.25) is 0 Å². The van der Waals surface area contributed by atoms with E-state index >= 15 is 0 Å². The highest BCUT2D eigenvalue weighted by Crippen LogP contribution is 2.64. The van der Waals surface area contributed by atoms with E-state index in [9.17, 15) is 10.2 Å². The molecule has 4 saturated carbocycles. The molecule has 0 aliphatic heterocycles. The summed E-state index contributed by atoms with van der Waals surface area (Å²) < 4.78 is 0. The second kappa shape index (κ2) is 6.01. The highest BCUT2D eigenvalue weighted by atomic mass is 79.9. The van der Waals surface area contributed by atoms with Crippen molar-refractivity contribution >= 4 is 15.9 Å². The molecule has 24 heavy (non-hydrogen) atoms. The fraction of sp³-hybridized carbons (Fsp3) is 0.905. The number of aliphatic hydroxyl groups is 2. The molecule has 0 saturated heterocycles. The van der Waals surface area contributed by atoms with Crippen LogP contribution in [0.4, 0.5) is 0 Å². The zero-order valence-corrected chi connectivity index (χ0v) is 16.8. The van der Waals surface area contributed by atoms with Crippen LogP contribution in [-0.4, -0.2) is 21.1 Å². The predicted octanol–water partition coefficient (Wildman–Crippen LogP) is 5.60. The van der Waals surface area contributed by atoms with Crippen molar-refractivity contribution in [3.63, 3.8) is 0 Å². The summed E-state index contributed by atoms with van der Waals surface area (Å²) in [7, 11) is 0. The maximum absolute atomic E-state index is 10.5. The third-order valence-electron chi connectivity index (χ3n) is 8.50. The lowest BCUT2D eigenvalue weighted by Gasteiger charge is -2.56. The molecule has 4 aliphatic carbocycles. The van der Waals surface area contributed by atoms with Crippen molar-refractivity contribution in [2.45, 2.75) is 77.2 Å². The number of aliphatic hydroxyl groups excluding tert-OH is 1. The number of hydrogen-bond donors (Lipinski definition) is 2. The molecule has 7 atom stereocenters. The van der Waals surface area contributed by atoms with Gasteiger partial charge in [0.2, 0.25) is 0 Å². The van der Waals surface area contributed by atoms with Crippen LogP contribution >= 0.6 is 15.9 Å². The zero-order valence-electron chi connectivity index (χ0n) is 15.2. The highest BCUT2D eigenvalue weighted by molar-refractivity contribution is 9.09. The molecule has 0 aromatic heterocycles. The maximum Gasteiger partial charge on any atom is 0.103 e. The van der Waals surface area contributed by atoms with Gasteiger partial charge in [0.05, 0.1) is 10.9 Å². The van der Waals surface area contributed by atoms with Crippen molar-refractivity contribution in [3.8, 4) is 0 Å². The van der Waals surface area contributed by atoms with E-state index in [2.05, 4.69) is 22.9 Å². The Morgan fingerprint density at radius 3 is 2.54 bits per heavy atom. The molecule has 0 unspecified atom stereocenters. The average Bonchev–Trinajstić information content (AvgIpc) is 2.90. The average molecular weight is 397 g/mol. The van der Waals surface area contributed by atoms with E-state index in [4.69, 9.17) is 0 Å². The van der Waals surface area contributed by atoms with Gasteiger partial charge in [-0.25, -0.2) is 0 Å². The molecule has 4 fully saturated rings. The number of alkyl halides is 1. The van der Waals surface area contributed by atoms with Crippen molar-refractivity contribution in [2.75, 3.05) is 5.33 Å². The molecule has 0 heterocycles. The van der Waals surface area contributed by atoms with Crippen LogP contribution in [0.15, 0.2) is 11.3 Å². The fourth-order valence-corrected chi connectivity index (χ4v) is 7.79. The Bertz CT molecular complexity index is 540. The summed E-state index contributed by atoms with van der Waals surface area (Å²) in [5, 5.41) is 21.5. The van der Waals surface area contributed by atoms with Crippen molar-refractivity contribution in [3.05, 3.63) is 11.3 Å². The summed E-state index contributed by atoms with van der Waals surface area (Å²) in [5.74, 6) is 4.73. The number of rotatable bonds is 1. The van der Waals surface area contributed by atoms with E-state index in [0.717, 1.165) is 48.9 Å². The van der Waals surface area contributed by atoms with Crippen LogP contribution in [0.3, 0.4) is 0 Å². The normalized spacial score (nSPS) is 53.1. The standard InChI is InChI=1S/C21H33BrO2/c1-20(24)9-7-14-13(11-20)3-4-16-15(14)8-10-21(2)17(16)5-6-18(21)19(23)12-22/h13-17,23-24H,3-12H2,1-2H3/b19-18+/t13-,14+,15-,16-,17+,20-,21+/m1/s1. The van der Waals surface area contributed by atoms with Crippen molar-refractivity contribution < 1.29 is 10.2 Å². The SMILES string of the molecule is C[C@@]1(O)CC[C@H]2[C@H](CC[C@@H]3[C@@H]2CC[C@]2(C)/C(=C(/O)CBr)CC[C@@H]32)C1. The molecule has 4 aliphatic rings. The second-order valence-electron chi connectivity index (χ2n) is 9.73. The Morgan fingerprint density at radius 2 is 1.79 bits per heavy atom. The molecule has 2 N–H and O–H groups in total. The van der Waals surface area contributed by atoms with E-state index in [1.165, 1.54) is 44.1 Å².